The molecule has 2 aromatic carbocycles. The molecule has 174 valence electrons. The normalized spacial score (nSPS) is 13.8. The van der Waals surface area contributed by atoms with Crippen LogP contribution in [0.4, 0.5) is 11.4 Å². The van der Waals surface area contributed by atoms with Gasteiger partial charge >= 0.3 is 0 Å². The number of aromatic nitrogens is 2. The summed E-state index contributed by atoms with van der Waals surface area (Å²) in [5.41, 5.74) is 16.3. The highest BCUT2D eigenvalue weighted by atomic mass is 15.4. The fraction of sp³-hybridized carbons (Fsp3) is 0.414. The number of benzene rings is 2. The van der Waals surface area contributed by atoms with Gasteiger partial charge in [0.2, 0.25) is 0 Å². The summed E-state index contributed by atoms with van der Waals surface area (Å²) in [6.07, 6.45) is 6.66. The second kappa shape index (κ2) is 7.79. The number of allylic oxidation sites excluding steroid dienone is 2. The van der Waals surface area contributed by atoms with Crippen molar-refractivity contribution in [3.8, 4) is 0 Å². The molecule has 0 fully saturated rings. The van der Waals surface area contributed by atoms with Crippen molar-refractivity contribution < 1.29 is 4.57 Å². The largest absolute Gasteiger partial charge is 0.329 e. The molecule has 1 aliphatic heterocycles. The number of nitrogens with zero attached hydrogens (tertiary/aromatic N) is 4. The third kappa shape index (κ3) is 3.07. The smallest absolute Gasteiger partial charge is 0.281 e. The van der Waals surface area contributed by atoms with Crippen LogP contribution in [0.1, 0.15) is 50.3 Å². The summed E-state index contributed by atoms with van der Waals surface area (Å²) < 4.78 is 4.66. The van der Waals surface area contributed by atoms with Gasteiger partial charge in [-0.1, -0.05) is 6.08 Å². The van der Waals surface area contributed by atoms with Crippen molar-refractivity contribution in [1.82, 2.24) is 4.57 Å². The van der Waals surface area contributed by atoms with Crippen molar-refractivity contribution >= 4 is 28.5 Å². The first kappa shape index (κ1) is 23.2. The molecular weight excluding hydrogens is 404 g/mol. The molecule has 0 N–H and O–H groups in total. The van der Waals surface area contributed by atoms with Crippen LogP contribution in [-0.4, -0.2) is 18.7 Å². The molecule has 4 nitrogen and oxygen atoms in total. The molecule has 0 saturated carbocycles. The van der Waals surface area contributed by atoms with Crippen LogP contribution < -0.4 is 14.4 Å². The molecule has 1 aromatic heterocycles. The Labute approximate surface area is 199 Å². The molecule has 2 heterocycles. The molecule has 0 radical (unpaired) electrons. The molecule has 4 heteroatoms. The number of rotatable bonds is 2. The number of aryl methyl sites for hydroxylation is 4. The molecule has 0 saturated heterocycles. The number of fused-ring (bicyclic) bond motifs is 2. The quantitative estimate of drug-likeness (QED) is 0.457. The van der Waals surface area contributed by atoms with Crippen LogP contribution in [0.5, 0.6) is 0 Å². The predicted molar refractivity (Wildman–Crippen MR) is 142 cm³/mol. The number of anilines is 2. The lowest BCUT2D eigenvalue weighted by Gasteiger charge is -2.18. The summed E-state index contributed by atoms with van der Waals surface area (Å²) in [6, 6.07) is 0. The highest BCUT2D eigenvalue weighted by Crippen LogP contribution is 2.46. The lowest BCUT2D eigenvalue weighted by Crippen LogP contribution is -2.31. The van der Waals surface area contributed by atoms with Gasteiger partial charge in [-0.3, -0.25) is 0 Å². The molecule has 1 aliphatic rings. The average Bonchev–Trinajstić information content (AvgIpc) is 3.18. The Hall–Kier alpha value is -3.01. The SMILES string of the molecule is Cc1c(C)c(C)c2c(c1C)N(C)C(=C/C=C/c1n(C)c3c(C)c(C)c(C)c(C)c3[n+]1C)N2C. The van der Waals surface area contributed by atoms with E-state index in [1.165, 1.54) is 78.6 Å². The van der Waals surface area contributed by atoms with E-state index in [4.69, 9.17) is 0 Å². The zero-order chi connectivity index (χ0) is 24.5. The summed E-state index contributed by atoms with van der Waals surface area (Å²) in [4.78, 5) is 4.66. The van der Waals surface area contributed by atoms with Gasteiger partial charge in [-0.25, -0.2) is 9.13 Å². The Morgan fingerprint density at radius 2 is 1.06 bits per heavy atom. The highest BCUT2D eigenvalue weighted by Gasteiger charge is 2.31. The van der Waals surface area contributed by atoms with Gasteiger partial charge in [0.15, 0.2) is 11.0 Å². The summed E-state index contributed by atoms with van der Waals surface area (Å²) in [6.45, 7) is 17.9. The van der Waals surface area contributed by atoms with Gasteiger partial charge in [-0.15, -0.1) is 0 Å². The van der Waals surface area contributed by atoms with Crippen LogP contribution in [0.3, 0.4) is 0 Å². The highest BCUT2D eigenvalue weighted by molar-refractivity contribution is 5.89. The summed E-state index contributed by atoms with van der Waals surface area (Å²) in [7, 11) is 8.72. The van der Waals surface area contributed by atoms with Gasteiger partial charge in [-0.05, 0) is 94.8 Å². The first-order valence-electron chi connectivity index (χ1n) is 11.8. The number of imidazole rings is 1. The van der Waals surface area contributed by atoms with E-state index < -0.39 is 0 Å². The molecule has 0 atom stereocenters. The molecular formula is C29H39N4+. The maximum absolute atomic E-state index is 2.33. The van der Waals surface area contributed by atoms with E-state index in [0.717, 1.165) is 0 Å². The van der Waals surface area contributed by atoms with Crippen molar-refractivity contribution in [2.75, 3.05) is 23.9 Å². The van der Waals surface area contributed by atoms with Crippen LogP contribution in [0.25, 0.3) is 17.1 Å². The van der Waals surface area contributed by atoms with Crippen molar-refractivity contribution in [3.63, 3.8) is 0 Å². The van der Waals surface area contributed by atoms with Crippen LogP contribution in [0.15, 0.2) is 18.0 Å². The maximum atomic E-state index is 2.33. The topological polar surface area (TPSA) is 15.3 Å². The van der Waals surface area contributed by atoms with Gasteiger partial charge in [0.1, 0.15) is 5.82 Å². The third-order valence-corrected chi connectivity index (χ3v) is 8.45. The van der Waals surface area contributed by atoms with Crippen LogP contribution in [0, 0.1) is 55.4 Å². The third-order valence-electron chi connectivity index (χ3n) is 8.45. The molecule has 0 unspecified atom stereocenters. The molecule has 3 aromatic rings. The molecule has 0 bridgehead atoms. The van der Waals surface area contributed by atoms with E-state index in [1.54, 1.807) is 0 Å². The van der Waals surface area contributed by atoms with Crippen LogP contribution >= 0.6 is 0 Å². The Morgan fingerprint density at radius 1 is 0.606 bits per heavy atom. The van der Waals surface area contributed by atoms with Gasteiger partial charge in [0.05, 0.1) is 25.5 Å². The van der Waals surface area contributed by atoms with E-state index in [9.17, 15) is 0 Å². The summed E-state index contributed by atoms with van der Waals surface area (Å²) in [5.74, 6) is 2.39. The maximum Gasteiger partial charge on any atom is 0.281 e. The van der Waals surface area contributed by atoms with Gasteiger partial charge in [0.25, 0.3) is 5.82 Å². The Kier molecular flexibility index (Phi) is 5.47. The first-order valence-corrected chi connectivity index (χ1v) is 11.8. The van der Waals surface area contributed by atoms with Crippen molar-refractivity contribution in [1.29, 1.82) is 0 Å². The standard InChI is InChI=1S/C29H39N4/c1-16-17(2)21(6)27-26(20(16)5)30(9)24(31(27)10)14-13-15-25-32(11)28-22(7)18(3)19(4)23(8)29(28)33(25)12/h13-15H,1-12H3/q+1. The summed E-state index contributed by atoms with van der Waals surface area (Å²) >= 11 is 0. The molecule has 0 aliphatic carbocycles. The average molecular weight is 444 g/mol. The molecule has 4 rings (SSSR count). The zero-order valence-corrected chi connectivity index (χ0v) is 22.5. The van der Waals surface area contributed by atoms with Gasteiger partial charge < -0.3 is 9.80 Å². The minimum atomic E-state index is 1.19. The van der Waals surface area contributed by atoms with E-state index in [0.29, 0.717) is 0 Å². The van der Waals surface area contributed by atoms with E-state index in [1.807, 2.05) is 0 Å². The fourth-order valence-corrected chi connectivity index (χ4v) is 5.76. The summed E-state index contributed by atoms with van der Waals surface area (Å²) in [5, 5.41) is 0. The fourth-order valence-electron chi connectivity index (χ4n) is 5.76. The molecule has 0 amide bonds. The second-order valence-corrected chi connectivity index (χ2v) is 9.87. The first-order chi connectivity index (χ1) is 15.4. The monoisotopic (exact) mass is 443 g/mol. The van der Waals surface area contributed by atoms with E-state index >= 15 is 0 Å². The van der Waals surface area contributed by atoms with E-state index in [-0.39, 0.29) is 0 Å². The van der Waals surface area contributed by atoms with Crippen molar-refractivity contribution in [2.45, 2.75) is 55.4 Å². The second-order valence-electron chi connectivity index (χ2n) is 9.87. The number of hydrogen-bond acceptors (Lipinski definition) is 2. The zero-order valence-electron chi connectivity index (χ0n) is 22.5. The Bertz CT molecular complexity index is 1290. The lowest BCUT2D eigenvalue weighted by molar-refractivity contribution is -0.647. The predicted octanol–water partition coefficient (Wildman–Crippen LogP) is 5.91. The van der Waals surface area contributed by atoms with Gasteiger partial charge in [-0.2, -0.15) is 0 Å². The molecule has 33 heavy (non-hydrogen) atoms. The van der Waals surface area contributed by atoms with Crippen molar-refractivity contribution in [3.05, 3.63) is 68.3 Å². The minimum Gasteiger partial charge on any atom is -0.329 e. The minimum absolute atomic E-state index is 1.19. The lowest BCUT2D eigenvalue weighted by atomic mass is 9.95. The van der Waals surface area contributed by atoms with E-state index in [2.05, 4.69) is 121 Å². The van der Waals surface area contributed by atoms with Crippen LogP contribution in [-0.2, 0) is 14.1 Å². The molecule has 0 spiro atoms. The number of hydrogen-bond donors (Lipinski definition) is 0. The van der Waals surface area contributed by atoms with Crippen LogP contribution in [0.2, 0.25) is 0 Å². The van der Waals surface area contributed by atoms with Gasteiger partial charge in [0, 0.05) is 31.3 Å². The Balaban J connectivity index is 1.81. The Morgan fingerprint density at radius 3 is 1.58 bits per heavy atom. The van der Waals surface area contributed by atoms with Crippen molar-refractivity contribution in [2.24, 2.45) is 14.1 Å².